The summed E-state index contributed by atoms with van der Waals surface area (Å²) in [5, 5.41) is 2.58. The van der Waals surface area contributed by atoms with E-state index in [9.17, 15) is 9.59 Å². The summed E-state index contributed by atoms with van der Waals surface area (Å²) < 4.78 is 7.02. The first-order valence-electron chi connectivity index (χ1n) is 10.1. The fourth-order valence-electron chi connectivity index (χ4n) is 3.23. The Bertz CT molecular complexity index is 1220. The molecule has 9 heteroatoms. The van der Waals surface area contributed by atoms with Gasteiger partial charge in [0.1, 0.15) is 18.4 Å². The van der Waals surface area contributed by atoms with Crippen LogP contribution in [-0.4, -0.2) is 44.5 Å². The first kappa shape index (κ1) is 21.0. The normalized spacial score (nSPS) is 10.8. The van der Waals surface area contributed by atoms with E-state index in [4.69, 9.17) is 10.5 Å². The van der Waals surface area contributed by atoms with Gasteiger partial charge in [0, 0.05) is 12.1 Å². The number of hydrogen-bond acceptors (Lipinski definition) is 7. The van der Waals surface area contributed by atoms with Crippen molar-refractivity contribution in [1.82, 2.24) is 24.8 Å². The van der Waals surface area contributed by atoms with Crippen LogP contribution in [0.1, 0.15) is 16.8 Å². The third-order valence-corrected chi connectivity index (χ3v) is 4.88. The zero-order valence-corrected chi connectivity index (χ0v) is 17.3. The number of carbonyl (C=O) groups excluding carboxylic acids is 2. The molecule has 0 radical (unpaired) electrons. The van der Waals surface area contributed by atoms with Gasteiger partial charge in [-0.25, -0.2) is 15.0 Å². The molecule has 0 aliphatic rings. The lowest BCUT2D eigenvalue weighted by Gasteiger charge is -2.08. The van der Waals surface area contributed by atoms with Gasteiger partial charge in [0.05, 0.1) is 12.9 Å². The number of amides is 1. The van der Waals surface area contributed by atoms with Crippen molar-refractivity contribution < 1.29 is 14.3 Å². The molecule has 3 N–H and O–H groups in total. The van der Waals surface area contributed by atoms with Crippen LogP contribution in [0.4, 0.5) is 5.82 Å². The Morgan fingerprint density at radius 2 is 1.72 bits per heavy atom. The molecular formula is C23H22N6O3. The van der Waals surface area contributed by atoms with E-state index in [1.54, 1.807) is 18.5 Å². The molecule has 0 saturated heterocycles. The third kappa shape index (κ3) is 4.89. The van der Waals surface area contributed by atoms with Gasteiger partial charge in [0.25, 0.3) is 5.91 Å². The van der Waals surface area contributed by atoms with E-state index < -0.39 is 5.97 Å². The monoisotopic (exact) mass is 430 g/mol. The predicted octanol–water partition coefficient (Wildman–Crippen LogP) is 2.44. The Hall–Kier alpha value is -4.27. The SMILES string of the molecule is Nc1ncnc2c1ncn2CCCOC(=O)CNC(=O)c1ccc(-c2ccccc2)cc1. The maximum Gasteiger partial charge on any atom is 0.325 e. The lowest BCUT2D eigenvalue weighted by atomic mass is 10.0. The van der Waals surface area contributed by atoms with Gasteiger partial charge in [-0.05, 0) is 29.7 Å². The largest absolute Gasteiger partial charge is 0.464 e. The van der Waals surface area contributed by atoms with Crippen LogP contribution < -0.4 is 11.1 Å². The average Bonchev–Trinajstić information content (AvgIpc) is 3.25. The number of nitrogens with zero attached hydrogens (tertiary/aromatic N) is 4. The highest BCUT2D eigenvalue weighted by atomic mass is 16.5. The first-order chi connectivity index (χ1) is 15.6. The average molecular weight is 430 g/mol. The summed E-state index contributed by atoms with van der Waals surface area (Å²) in [6, 6.07) is 17.1. The molecule has 9 nitrogen and oxygen atoms in total. The molecule has 2 aromatic heterocycles. The van der Waals surface area contributed by atoms with Gasteiger partial charge >= 0.3 is 5.97 Å². The van der Waals surface area contributed by atoms with E-state index >= 15 is 0 Å². The molecule has 162 valence electrons. The molecule has 0 spiro atoms. The molecule has 2 heterocycles. The fourth-order valence-corrected chi connectivity index (χ4v) is 3.23. The van der Waals surface area contributed by atoms with Crippen molar-refractivity contribution in [1.29, 1.82) is 0 Å². The third-order valence-electron chi connectivity index (χ3n) is 4.88. The van der Waals surface area contributed by atoms with E-state index in [0.717, 1.165) is 11.1 Å². The number of benzene rings is 2. The molecular weight excluding hydrogens is 408 g/mol. The maximum absolute atomic E-state index is 12.3. The molecule has 0 saturated carbocycles. The number of fused-ring (bicyclic) bond motifs is 1. The number of aromatic nitrogens is 4. The van der Waals surface area contributed by atoms with Crippen molar-refractivity contribution in [3.8, 4) is 11.1 Å². The lowest BCUT2D eigenvalue weighted by molar-refractivity contribution is -0.142. The first-order valence-corrected chi connectivity index (χ1v) is 10.1. The Kier molecular flexibility index (Phi) is 6.35. The summed E-state index contributed by atoms with van der Waals surface area (Å²) in [4.78, 5) is 36.5. The highest BCUT2D eigenvalue weighted by molar-refractivity contribution is 5.96. The molecule has 4 rings (SSSR count). The van der Waals surface area contributed by atoms with Crippen molar-refractivity contribution in [2.45, 2.75) is 13.0 Å². The minimum atomic E-state index is -0.499. The highest BCUT2D eigenvalue weighted by Crippen LogP contribution is 2.19. The summed E-state index contributed by atoms with van der Waals surface area (Å²) in [5.74, 6) is -0.504. The number of anilines is 1. The molecule has 0 unspecified atom stereocenters. The summed E-state index contributed by atoms with van der Waals surface area (Å²) in [7, 11) is 0. The lowest BCUT2D eigenvalue weighted by Crippen LogP contribution is -2.30. The maximum atomic E-state index is 12.3. The van der Waals surface area contributed by atoms with Crippen LogP contribution >= 0.6 is 0 Å². The number of rotatable bonds is 8. The number of nitrogens with one attached hydrogen (secondary N) is 1. The highest BCUT2D eigenvalue weighted by Gasteiger charge is 2.10. The molecule has 4 aromatic rings. The number of hydrogen-bond donors (Lipinski definition) is 2. The van der Waals surface area contributed by atoms with Gasteiger partial charge in [-0.3, -0.25) is 9.59 Å². The van der Waals surface area contributed by atoms with Crippen molar-refractivity contribution >= 4 is 28.9 Å². The molecule has 32 heavy (non-hydrogen) atoms. The number of carbonyl (C=O) groups is 2. The molecule has 0 fully saturated rings. The van der Waals surface area contributed by atoms with E-state index in [2.05, 4.69) is 20.3 Å². The number of aryl methyl sites for hydroxylation is 1. The van der Waals surface area contributed by atoms with Gasteiger partial charge in [-0.1, -0.05) is 42.5 Å². The van der Waals surface area contributed by atoms with Crippen LogP contribution in [-0.2, 0) is 16.1 Å². The fraction of sp³-hybridized carbons (Fsp3) is 0.174. The Morgan fingerprint density at radius 1 is 0.969 bits per heavy atom. The van der Waals surface area contributed by atoms with Gasteiger partial charge in [-0.2, -0.15) is 0 Å². The molecule has 0 atom stereocenters. The second-order valence-electron chi connectivity index (χ2n) is 7.07. The Labute approximate surface area is 184 Å². The van der Waals surface area contributed by atoms with Gasteiger partial charge in [-0.15, -0.1) is 0 Å². The Morgan fingerprint density at radius 3 is 2.50 bits per heavy atom. The number of nitrogen functional groups attached to an aromatic ring is 1. The van der Waals surface area contributed by atoms with Crippen LogP contribution in [0, 0.1) is 0 Å². The van der Waals surface area contributed by atoms with E-state index in [1.165, 1.54) is 6.33 Å². The van der Waals surface area contributed by atoms with Crippen molar-refractivity contribution in [3.05, 3.63) is 72.8 Å². The van der Waals surface area contributed by atoms with Crippen LogP contribution in [0.15, 0.2) is 67.3 Å². The van der Waals surface area contributed by atoms with Gasteiger partial charge < -0.3 is 20.4 Å². The summed E-state index contributed by atoms with van der Waals surface area (Å²) >= 11 is 0. The summed E-state index contributed by atoms with van der Waals surface area (Å²) in [6.07, 6.45) is 3.57. The number of ether oxygens (including phenoxy) is 1. The van der Waals surface area contributed by atoms with E-state index in [0.29, 0.717) is 35.5 Å². The number of nitrogens with two attached hydrogens (primary N) is 1. The van der Waals surface area contributed by atoms with Crippen molar-refractivity contribution in [2.75, 3.05) is 18.9 Å². The minimum Gasteiger partial charge on any atom is -0.464 e. The van der Waals surface area contributed by atoms with Gasteiger partial charge in [0.15, 0.2) is 11.5 Å². The summed E-state index contributed by atoms with van der Waals surface area (Å²) in [5.41, 5.74) is 9.51. The standard InChI is InChI=1S/C23H22N6O3/c24-21-20-22(27-14-26-21)29(15-28-20)11-4-12-32-19(30)13-25-23(31)18-9-7-17(8-10-18)16-5-2-1-3-6-16/h1-3,5-10,14-15H,4,11-13H2,(H,25,31)(H2,24,26,27). The minimum absolute atomic E-state index is 0.197. The molecule has 1 amide bonds. The zero-order valence-electron chi connectivity index (χ0n) is 17.3. The Balaban J connectivity index is 1.20. The molecule has 2 aromatic carbocycles. The van der Waals surface area contributed by atoms with E-state index in [-0.39, 0.29) is 19.1 Å². The summed E-state index contributed by atoms with van der Waals surface area (Å²) in [6.45, 7) is 0.568. The second-order valence-corrected chi connectivity index (χ2v) is 7.07. The smallest absolute Gasteiger partial charge is 0.325 e. The quantitative estimate of drug-likeness (QED) is 0.325. The number of imidazole rings is 1. The van der Waals surface area contributed by atoms with Crippen molar-refractivity contribution in [3.63, 3.8) is 0 Å². The van der Waals surface area contributed by atoms with Crippen LogP contribution in [0.5, 0.6) is 0 Å². The predicted molar refractivity (Wildman–Crippen MR) is 120 cm³/mol. The van der Waals surface area contributed by atoms with Crippen LogP contribution in [0.3, 0.4) is 0 Å². The molecule has 0 bridgehead atoms. The van der Waals surface area contributed by atoms with Gasteiger partial charge in [0.2, 0.25) is 0 Å². The second kappa shape index (κ2) is 9.69. The number of esters is 1. The molecule has 0 aliphatic heterocycles. The van der Waals surface area contributed by atoms with Crippen LogP contribution in [0.25, 0.3) is 22.3 Å². The topological polar surface area (TPSA) is 125 Å². The van der Waals surface area contributed by atoms with E-state index in [1.807, 2.05) is 47.0 Å². The molecule has 0 aliphatic carbocycles. The van der Waals surface area contributed by atoms with Crippen LogP contribution in [0.2, 0.25) is 0 Å². The zero-order chi connectivity index (χ0) is 22.3. The van der Waals surface area contributed by atoms with Crippen molar-refractivity contribution in [2.24, 2.45) is 0 Å².